The average Bonchev–Trinajstić information content (AvgIpc) is 2.88. The maximum atomic E-state index is 4.80. The minimum Gasteiger partial charge on any atom is -0.354 e. The minimum atomic E-state index is 0.896. The van der Waals surface area contributed by atoms with E-state index in [9.17, 15) is 0 Å². The molecule has 6 nitrogen and oxygen atoms in total. The highest BCUT2D eigenvalue weighted by molar-refractivity contribution is 5.51. The number of nitrogens with zero attached hydrogens (tertiary/aromatic N) is 6. The van der Waals surface area contributed by atoms with E-state index in [1.54, 1.807) is 6.33 Å². The molecule has 1 fully saturated rings. The van der Waals surface area contributed by atoms with E-state index in [-0.39, 0.29) is 0 Å². The van der Waals surface area contributed by atoms with Crippen LogP contribution in [0.15, 0.2) is 12.4 Å². The molecule has 0 atom stereocenters. The number of likely N-dealkylation sites (N-methyl/N-ethyl adjacent to an activating group) is 1. The van der Waals surface area contributed by atoms with Crippen molar-refractivity contribution in [3.8, 4) is 0 Å². The van der Waals surface area contributed by atoms with Crippen LogP contribution in [0, 0.1) is 0 Å². The smallest absolute Gasteiger partial charge is 0.165 e. The molecule has 2 aromatic heterocycles. The largest absolute Gasteiger partial charge is 0.354 e. The van der Waals surface area contributed by atoms with Gasteiger partial charge in [0.15, 0.2) is 5.65 Å². The highest BCUT2D eigenvalue weighted by Crippen LogP contribution is 2.17. The van der Waals surface area contributed by atoms with Crippen LogP contribution >= 0.6 is 0 Å². The number of rotatable bonds is 3. The van der Waals surface area contributed by atoms with E-state index in [1.165, 1.54) is 0 Å². The third-order valence-corrected chi connectivity index (χ3v) is 3.65. The zero-order chi connectivity index (χ0) is 13.2. The van der Waals surface area contributed by atoms with Crippen LogP contribution in [0.1, 0.15) is 19.2 Å². The second kappa shape index (κ2) is 5.13. The highest BCUT2D eigenvalue weighted by atomic mass is 15.3. The molecular formula is C13H20N6. The van der Waals surface area contributed by atoms with Gasteiger partial charge in [0.05, 0.1) is 0 Å². The number of hydrogen-bond acceptors (Lipinski definition) is 5. The quantitative estimate of drug-likeness (QED) is 0.818. The van der Waals surface area contributed by atoms with Gasteiger partial charge >= 0.3 is 0 Å². The molecule has 3 heterocycles. The van der Waals surface area contributed by atoms with Gasteiger partial charge in [-0.3, -0.25) is 4.40 Å². The molecule has 102 valence electrons. The molecule has 0 radical (unpaired) electrons. The first-order chi connectivity index (χ1) is 9.28. The zero-order valence-electron chi connectivity index (χ0n) is 11.6. The number of aromatic nitrogens is 4. The Labute approximate surface area is 113 Å². The van der Waals surface area contributed by atoms with Gasteiger partial charge in [0.25, 0.3) is 0 Å². The molecule has 1 saturated heterocycles. The van der Waals surface area contributed by atoms with Crippen LogP contribution in [-0.4, -0.2) is 57.7 Å². The van der Waals surface area contributed by atoms with Gasteiger partial charge in [-0.25, -0.2) is 4.98 Å². The molecule has 0 saturated carbocycles. The van der Waals surface area contributed by atoms with Crippen molar-refractivity contribution in [1.29, 1.82) is 0 Å². The summed E-state index contributed by atoms with van der Waals surface area (Å²) in [5.41, 5.74) is 0.896. The van der Waals surface area contributed by atoms with Gasteiger partial charge in [0.2, 0.25) is 0 Å². The summed E-state index contributed by atoms with van der Waals surface area (Å²) < 4.78 is 1.99. The maximum Gasteiger partial charge on any atom is 0.165 e. The summed E-state index contributed by atoms with van der Waals surface area (Å²) in [5, 5.41) is 8.16. The zero-order valence-corrected chi connectivity index (χ0v) is 11.6. The van der Waals surface area contributed by atoms with E-state index >= 15 is 0 Å². The van der Waals surface area contributed by atoms with Gasteiger partial charge in [-0.05, 0) is 13.5 Å². The molecule has 6 heteroatoms. The molecule has 0 bridgehead atoms. The molecule has 0 aromatic carbocycles. The van der Waals surface area contributed by atoms with E-state index in [0.717, 1.165) is 56.3 Å². The van der Waals surface area contributed by atoms with Crippen LogP contribution in [0.2, 0.25) is 0 Å². The van der Waals surface area contributed by atoms with Gasteiger partial charge < -0.3 is 9.80 Å². The fourth-order valence-corrected chi connectivity index (χ4v) is 2.47. The van der Waals surface area contributed by atoms with Crippen LogP contribution in [-0.2, 0) is 6.42 Å². The number of fused-ring (bicyclic) bond motifs is 1. The van der Waals surface area contributed by atoms with E-state index in [4.69, 9.17) is 4.98 Å². The molecule has 0 N–H and O–H groups in total. The molecule has 0 spiro atoms. The summed E-state index contributed by atoms with van der Waals surface area (Å²) in [5.74, 6) is 2.09. The first-order valence-electron chi connectivity index (χ1n) is 6.91. The summed E-state index contributed by atoms with van der Waals surface area (Å²) in [6, 6.07) is 2.04. The molecule has 0 amide bonds. The standard InChI is InChI=1S/C13H20N6/c1-3-4-11-15-12(9-13-16-14-10-19(11)13)18-7-5-17(2)6-8-18/h9-10H,3-8H2,1-2H3. The van der Waals surface area contributed by atoms with Crippen molar-refractivity contribution in [2.24, 2.45) is 0 Å². The van der Waals surface area contributed by atoms with E-state index < -0.39 is 0 Å². The molecule has 19 heavy (non-hydrogen) atoms. The first-order valence-corrected chi connectivity index (χ1v) is 6.91. The van der Waals surface area contributed by atoms with Crippen molar-refractivity contribution >= 4 is 11.5 Å². The first kappa shape index (κ1) is 12.3. The Hall–Kier alpha value is -1.69. The Morgan fingerprint density at radius 1 is 1.21 bits per heavy atom. The van der Waals surface area contributed by atoms with Crippen LogP contribution in [0.4, 0.5) is 5.82 Å². The topological polar surface area (TPSA) is 49.6 Å². The average molecular weight is 260 g/mol. The lowest BCUT2D eigenvalue weighted by Gasteiger charge is -2.33. The third kappa shape index (κ3) is 2.40. The fraction of sp³-hybridized carbons (Fsp3) is 0.615. The highest BCUT2D eigenvalue weighted by Gasteiger charge is 2.17. The molecular weight excluding hydrogens is 240 g/mol. The van der Waals surface area contributed by atoms with Crippen molar-refractivity contribution < 1.29 is 0 Å². The van der Waals surface area contributed by atoms with E-state index in [1.807, 2.05) is 10.5 Å². The lowest BCUT2D eigenvalue weighted by atomic mass is 10.3. The van der Waals surface area contributed by atoms with E-state index in [0.29, 0.717) is 0 Å². The third-order valence-electron chi connectivity index (χ3n) is 3.65. The second-order valence-corrected chi connectivity index (χ2v) is 5.13. The summed E-state index contributed by atoms with van der Waals surface area (Å²) >= 11 is 0. The Morgan fingerprint density at radius 3 is 2.74 bits per heavy atom. The van der Waals surface area contributed by atoms with Gasteiger partial charge in [0, 0.05) is 38.7 Å². The van der Waals surface area contributed by atoms with Crippen LogP contribution in [0.25, 0.3) is 5.65 Å². The Balaban J connectivity index is 1.94. The van der Waals surface area contributed by atoms with Crippen molar-refractivity contribution in [2.45, 2.75) is 19.8 Å². The molecule has 1 aliphatic rings. The van der Waals surface area contributed by atoms with Gasteiger partial charge in [-0.15, -0.1) is 10.2 Å². The fourth-order valence-electron chi connectivity index (χ4n) is 2.47. The summed E-state index contributed by atoms with van der Waals surface area (Å²) in [6.45, 7) is 6.39. The van der Waals surface area contributed by atoms with Crippen molar-refractivity contribution in [3.05, 3.63) is 18.2 Å². The lowest BCUT2D eigenvalue weighted by molar-refractivity contribution is 0.312. The Kier molecular flexibility index (Phi) is 3.33. The van der Waals surface area contributed by atoms with Gasteiger partial charge in [-0.2, -0.15) is 0 Å². The SMILES string of the molecule is CCCc1nc(N2CCN(C)CC2)cc2nncn12. The number of piperazine rings is 1. The second-order valence-electron chi connectivity index (χ2n) is 5.13. The minimum absolute atomic E-state index is 0.896. The summed E-state index contributed by atoms with van der Waals surface area (Å²) in [7, 11) is 2.16. The molecule has 2 aromatic rings. The number of anilines is 1. The van der Waals surface area contributed by atoms with Crippen molar-refractivity contribution in [3.63, 3.8) is 0 Å². The van der Waals surface area contributed by atoms with Crippen LogP contribution in [0.3, 0.4) is 0 Å². The lowest BCUT2D eigenvalue weighted by Crippen LogP contribution is -2.44. The predicted molar refractivity (Wildman–Crippen MR) is 74.5 cm³/mol. The number of aryl methyl sites for hydroxylation is 1. The van der Waals surface area contributed by atoms with E-state index in [2.05, 4.69) is 34.0 Å². The molecule has 0 unspecified atom stereocenters. The van der Waals surface area contributed by atoms with Crippen molar-refractivity contribution in [1.82, 2.24) is 24.5 Å². The Bertz CT molecular complexity index is 555. The van der Waals surface area contributed by atoms with Crippen molar-refractivity contribution in [2.75, 3.05) is 38.1 Å². The molecule has 1 aliphatic heterocycles. The normalized spacial score (nSPS) is 17.3. The summed E-state index contributed by atoms with van der Waals surface area (Å²) in [6.07, 6.45) is 3.78. The maximum absolute atomic E-state index is 4.80. The van der Waals surface area contributed by atoms with Crippen LogP contribution < -0.4 is 4.90 Å². The van der Waals surface area contributed by atoms with Gasteiger partial charge in [-0.1, -0.05) is 6.92 Å². The monoisotopic (exact) mass is 260 g/mol. The van der Waals surface area contributed by atoms with Gasteiger partial charge in [0.1, 0.15) is 18.0 Å². The van der Waals surface area contributed by atoms with Crippen LogP contribution in [0.5, 0.6) is 0 Å². The Morgan fingerprint density at radius 2 is 2.00 bits per heavy atom. The molecule has 0 aliphatic carbocycles. The molecule has 3 rings (SSSR count). The number of hydrogen-bond donors (Lipinski definition) is 0. The summed E-state index contributed by atoms with van der Waals surface area (Å²) in [4.78, 5) is 9.49. The predicted octanol–water partition coefficient (Wildman–Crippen LogP) is 0.829.